The van der Waals surface area contributed by atoms with Crippen LogP contribution in [0.2, 0.25) is 0 Å². The highest BCUT2D eigenvalue weighted by molar-refractivity contribution is 9.10. The number of halogens is 1. The summed E-state index contributed by atoms with van der Waals surface area (Å²) in [5.74, 6) is -0.936. The number of rotatable bonds is 3. The topological polar surface area (TPSA) is 69.6 Å². The molecule has 0 bridgehead atoms. The third kappa shape index (κ3) is 3.77. The van der Waals surface area contributed by atoms with Gasteiger partial charge in [-0.2, -0.15) is 0 Å². The van der Waals surface area contributed by atoms with Gasteiger partial charge >= 0.3 is 12.0 Å². The Labute approximate surface area is 136 Å². The monoisotopic (exact) mass is 374 g/mol. The number of hydrogen-bond donors (Lipinski definition) is 2. The van der Waals surface area contributed by atoms with Crippen molar-refractivity contribution in [3.8, 4) is 0 Å². The molecule has 116 valence electrons. The SMILES string of the molecule is CC1(C)CCCN(C(=O)NCc2cc(Br)cs2)C1C(=O)O. The van der Waals surface area contributed by atoms with Crippen molar-refractivity contribution in [2.24, 2.45) is 5.41 Å². The number of carbonyl (C=O) groups excluding carboxylic acids is 1. The molecule has 5 nitrogen and oxygen atoms in total. The van der Waals surface area contributed by atoms with Gasteiger partial charge in [-0.1, -0.05) is 13.8 Å². The molecular formula is C14H19BrN2O3S. The van der Waals surface area contributed by atoms with E-state index in [1.54, 1.807) is 11.3 Å². The molecule has 2 rings (SSSR count). The van der Waals surface area contributed by atoms with E-state index >= 15 is 0 Å². The van der Waals surface area contributed by atoms with Gasteiger partial charge in [-0.15, -0.1) is 11.3 Å². The number of carboxylic acid groups (broad SMARTS) is 1. The van der Waals surface area contributed by atoms with E-state index in [0.29, 0.717) is 13.1 Å². The molecule has 2 amide bonds. The number of likely N-dealkylation sites (tertiary alicyclic amines) is 1. The number of urea groups is 1. The van der Waals surface area contributed by atoms with Gasteiger partial charge in [0.1, 0.15) is 6.04 Å². The summed E-state index contributed by atoms with van der Waals surface area (Å²) in [7, 11) is 0. The summed E-state index contributed by atoms with van der Waals surface area (Å²) in [6, 6.07) is 0.862. The standard InChI is InChI=1S/C14H19BrN2O3S/c1-14(2)4-3-5-17(11(14)12(18)19)13(20)16-7-10-6-9(15)8-21-10/h6,8,11H,3-5,7H2,1-2H3,(H,16,20)(H,18,19). The number of aliphatic carboxylic acids is 1. The number of amides is 2. The minimum absolute atomic E-state index is 0.306. The summed E-state index contributed by atoms with van der Waals surface area (Å²) in [6.45, 7) is 4.71. The van der Waals surface area contributed by atoms with Crippen molar-refractivity contribution in [2.75, 3.05) is 6.54 Å². The largest absolute Gasteiger partial charge is 0.480 e. The van der Waals surface area contributed by atoms with Crippen LogP contribution in [0, 0.1) is 5.41 Å². The fourth-order valence-corrected chi connectivity index (χ4v) is 4.18. The minimum atomic E-state index is -0.936. The third-order valence-electron chi connectivity index (χ3n) is 3.80. The second-order valence-electron chi connectivity index (χ2n) is 5.92. The number of nitrogens with one attached hydrogen (secondary N) is 1. The average Bonchev–Trinajstić information content (AvgIpc) is 2.79. The van der Waals surface area contributed by atoms with Crippen LogP contribution in [0.4, 0.5) is 4.79 Å². The van der Waals surface area contributed by atoms with Crippen LogP contribution < -0.4 is 5.32 Å². The number of nitrogens with zero attached hydrogens (tertiary/aromatic N) is 1. The van der Waals surface area contributed by atoms with Gasteiger partial charge in [0.05, 0.1) is 6.54 Å². The van der Waals surface area contributed by atoms with Crippen molar-refractivity contribution in [3.63, 3.8) is 0 Å². The first-order valence-electron chi connectivity index (χ1n) is 6.81. The predicted octanol–water partition coefficient (Wildman–Crippen LogP) is 3.30. The van der Waals surface area contributed by atoms with Crippen LogP contribution in [0.5, 0.6) is 0 Å². The van der Waals surface area contributed by atoms with Crippen molar-refractivity contribution in [1.82, 2.24) is 10.2 Å². The van der Waals surface area contributed by atoms with Crippen LogP contribution in [0.1, 0.15) is 31.6 Å². The van der Waals surface area contributed by atoms with E-state index in [0.717, 1.165) is 22.2 Å². The molecule has 7 heteroatoms. The Morgan fingerprint density at radius 1 is 1.57 bits per heavy atom. The van der Waals surface area contributed by atoms with Crippen molar-refractivity contribution in [3.05, 3.63) is 20.8 Å². The Morgan fingerprint density at radius 2 is 2.29 bits per heavy atom. The highest BCUT2D eigenvalue weighted by Gasteiger charge is 2.44. The smallest absolute Gasteiger partial charge is 0.327 e. The molecule has 0 aromatic carbocycles. The number of carboxylic acids is 1. The van der Waals surface area contributed by atoms with Gasteiger partial charge in [0.25, 0.3) is 0 Å². The zero-order valence-electron chi connectivity index (χ0n) is 12.1. The van der Waals surface area contributed by atoms with Gasteiger partial charge < -0.3 is 15.3 Å². The molecule has 0 spiro atoms. The van der Waals surface area contributed by atoms with E-state index in [9.17, 15) is 14.7 Å². The summed E-state index contributed by atoms with van der Waals surface area (Å²) >= 11 is 4.92. The summed E-state index contributed by atoms with van der Waals surface area (Å²) in [5.41, 5.74) is -0.409. The van der Waals surface area contributed by atoms with E-state index in [1.165, 1.54) is 4.90 Å². The van der Waals surface area contributed by atoms with Crippen LogP contribution in [-0.4, -0.2) is 34.6 Å². The summed E-state index contributed by atoms with van der Waals surface area (Å²) in [4.78, 5) is 26.3. The average molecular weight is 375 g/mol. The Morgan fingerprint density at radius 3 is 2.86 bits per heavy atom. The highest BCUT2D eigenvalue weighted by Crippen LogP contribution is 2.35. The first kappa shape index (κ1) is 16.3. The molecule has 21 heavy (non-hydrogen) atoms. The second kappa shape index (κ2) is 6.36. The summed E-state index contributed by atoms with van der Waals surface area (Å²) in [6.07, 6.45) is 1.64. The fraction of sp³-hybridized carbons (Fsp3) is 0.571. The van der Waals surface area contributed by atoms with Gasteiger partial charge in [0, 0.05) is 21.3 Å². The van der Waals surface area contributed by atoms with E-state index in [-0.39, 0.29) is 6.03 Å². The maximum absolute atomic E-state index is 12.3. The maximum atomic E-state index is 12.3. The maximum Gasteiger partial charge on any atom is 0.327 e. The molecule has 2 N–H and O–H groups in total. The zero-order valence-corrected chi connectivity index (χ0v) is 14.5. The molecule has 1 unspecified atom stereocenters. The third-order valence-corrected chi connectivity index (χ3v) is 5.50. The second-order valence-corrected chi connectivity index (χ2v) is 7.83. The van der Waals surface area contributed by atoms with Gasteiger partial charge in [-0.3, -0.25) is 0 Å². The molecule has 2 heterocycles. The molecule has 0 aliphatic carbocycles. The number of piperidine rings is 1. The van der Waals surface area contributed by atoms with Crippen LogP contribution >= 0.6 is 27.3 Å². The van der Waals surface area contributed by atoms with Crippen molar-refractivity contribution >= 4 is 39.3 Å². The summed E-state index contributed by atoms with van der Waals surface area (Å²) in [5, 5.41) is 14.2. The Hall–Kier alpha value is -1.08. The molecule has 1 aromatic heterocycles. The van der Waals surface area contributed by atoms with Gasteiger partial charge in [0.2, 0.25) is 0 Å². The lowest BCUT2D eigenvalue weighted by atomic mass is 9.76. The molecule has 1 atom stereocenters. The molecule has 1 aliphatic heterocycles. The molecule has 0 radical (unpaired) electrons. The lowest BCUT2D eigenvalue weighted by Gasteiger charge is -2.43. The predicted molar refractivity (Wildman–Crippen MR) is 85.4 cm³/mol. The van der Waals surface area contributed by atoms with Crippen LogP contribution in [0.15, 0.2) is 15.9 Å². The van der Waals surface area contributed by atoms with Crippen molar-refractivity contribution < 1.29 is 14.7 Å². The van der Waals surface area contributed by atoms with Crippen LogP contribution in [-0.2, 0) is 11.3 Å². The first-order chi connectivity index (χ1) is 9.81. The van der Waals surface area contributed by atoms with E-state index in [1.807, 2.05) is 25.3 Å². The number of carbonyl (C=O) groups is 2. The first-order valence-corrected chi connectivity index (χ1v) is 8.49. The molecule has 1 aromatic rings. The van der Waals surface area contributed by atoms with Crippen LogP contribution in [0.25, 0.3) is 0 Å². The number of hydrogen-bond acceptors (Lipinski definition) is 3. The van der Waals surface area contributed by atoms with Crippen molar-refractivity contribution in [2.45, 2.75) is 39.3 Å². The number of thiophene rings is 1. The van der Waals surface area contributed by atoms with E-state index in [2.05, 4.69) is 21.2 Å². The van der Waals surface area contributed by atoms with Crippen LogP contribution in [0.3, 0.4) is 0 Å². The zero-order chi connectivity index (χ0) is 15.6. The van der Waals surface area contributed by atoms with E-state index < -0.39 is 17.4 Å². The molecule has 1 fully saturated rings. The Bertz CT molecular complexity index is 544. The van der Waals surface area contributed by atoms with Gasteiger partial charge in [-0.05, 0) is 40.3 Å². The normalized spacial score (nSPS) is 21.1. The van der Waals surface area contributed by atoms with Gasteiger partial charge in [-0.25, -0.2) is 9.59 Å². The van der Waals surface area contributed by atoms with Gasteiger partial charge in [0.15, 0.2) is 0 Å². The lowest BCUT2D eigenvalue weighted by Crippen LogP contribution is -2.58. The lowest BCUT2D eigenvalue weighted by molar-refractivity contribution is -0.148. The molecule has 0 saturated carbocycles. The fourth-order valence-electron chi connectivity index (χ4n) is 2.79. The Balaban J connectivity index is 2.04. The Kier molecular flexibility index (Phi) is 4.93. The molecule has 1 saturated heterocycles. The minimum Gasteiger partial charge on any atom is -0.480 e. The highest BCUT2D eigenvalue weighted by atomic mass is 79.9. The van der Waals surface area contributed by atoms with Crippen molar-refractivity contribution in [1.29, 1.82) is 0 Å². The molecule has 1 aliphatic rings. The quantitative estimate of drug-likeness (QED) is 0.852. The summed E-state index contributed by atoms with van der Waals surface area (Å²) < 4.78 is 0.985. The van der Waals surface area contributed by atoms with E-state index in [4.69, 9.17) is 0 Å². The molecular weight excluding hydrogens is 356 g/mol.